The molecule has 0 bridgehead atoms. The molecule has 24 heavy (non-hydrogen) atoms. The zero-order chi connectivity index (χ0) is 17.4. The fourth-order valence-electron chi connectivity index (χ4n) is 2.34. The van der Waals surface area contributed by atoms with E-state index in [1.54, 1.807) is 12.1 Å². The Hall–Kier alpha value is -2.60. The van der Waals surface area contributed by atoms with Crippen molar-refractivity contribution >= 4 is 11.8 Å². The van der Waals surface area contributed by atoms with Crippen LogP contribution in [0.5, 0.6) is 0 Å². The maximum absolute atomic E-state index is 11.9. The Morgan fingerprint density at radius 2 is 1.92 bits per heavy atom. The molecule has 0 aliphatic carbocycles. The molecular formula is C18H22N2O4. The summed E-state index contributed by atoms with van der Waals surface area (Å²) in [5.41, 5.74) is 0.823. The van der Waals surface area contributed by atoms with Crippen LogP contribution in [-0.2, 0) is 4.79 Å². The number of hydrogen-bond donors (Lipinski definition) is 3. The Morgan fingerprint density at radius 1 is 1.17 bits per heavy atom. The lowest BCUT2D eigenvalue weighted by molar-refractivity contribution is -0.121. The number of hydrogen-bond acceptors (Lipinski definition) is 4. The smallest absolute Gasteiger partial charge is 0.286 e. The van der Waals surface area contributed by atoms with Crippen LogP contribution in [0.1, 0.15) is 42.0 Å². The first-order chi connectivity index (χ1) is 11.6. The predicted octanol–water partition coefficient (Wildman–Crippen LogP) is 2.03. The van der Waals surface area contributed by atoms with Crippen LogP contribution < -0.4 is 10.6 Å². The van der Waals surface area contributed by atoms with E-state index < -0.39 is 6.10 Å². The first-order valence-electron chi connectivity index (χ1n) is 7.90. The van der Waals surface area contributed by atoms with Gasteiger partial charge in [-0.3, -0.25) is 9.59 Å². The average Bonchev–Trinajstić information content (AvgIpc) is 3.10. The van der Waals surface area contributed by atoms with E-state index in [2.05, 4.69) is 10.6 Å². The lowest BCUT2D eigenvalue weighted by Gasteiger charge is -2.18. The molecule has 2 unspecified atom stereocenters. The molecule has 0 spiro atoms. The molecule has 0 fully saturated rings. The molecule has 6 heteroatoms. The lowest BCUT2D eigenvalue weighted by Crippen LogP contribution is -2.36. The fourth-order valence-corrected chi connectivity index (χ4v) is 2.34. The van der Waals surface area contributed by atoms with Gasteiger partial charge in [-0.2, -0.15) is 0 Å². The number of furan rings is 1. The number of carbonyl (C=O) groups excluding carboxylic acids is 2. The van der Waals surface area contributed by atoms with Crippen molar-refractivity contribution in [2.75, 3.05) is 6.54 Å². The van der Waals surface area contributed by atoms with E-state index in [4.69, 9.17) is 4.42 Å². The van der Waals surface area contributed by atoms with Crippen LogP contribution >= 0.6 is 0 Å². The van der Waals surface area contributed by atoms with Gasteiger partial charge in [-0.05, 0) is 31.0 Å². The molecule has 0 aliphatic heterocycles. The molecule has 1 aromatic heterocycles. The lowest BCUT2D eigenvalue weighted by atomic mass is 10.0. The predicted molar refractivity (Wildman–Crippen MR) is 89.3 cm³/mol. The highest BCUT2D eigenvalue weighted by molar-refractivity contribution is 5.91. The first-order valence-corrected chi connectivity index (χ1v) is 7.90. The second-order valence-electron chi connectivity index (χ2n) is 5.61. The monoisotopic (exact) mass is 330 g/mol. The molecule has 0 saturated heterocycles. The van der Waals surface area contributed by atoms with Crippen molar-refractivity contribution in [1.29, 1.82) is 0 Å². The summed E-state index contributed by atoms with van der Waals surface area (Å²) in [5, 5.41) is 15.6. The molecule has 128 valence electrons. The molecule has 0 aliphatic rings. The van der Waals surface area contributed by atoms with Crippen LogP contribution in [0.3, 0.4) is 0 Å². The van der Waals surface area contributed by atoms with Crippen molar-refractivity contribution in [3.8, 4) is 0 Å². The molecule has 0 saturated carbocycles. The van der Waals surface area contributed by atoms with Gasteiger partial charge in [0.05, 0.1) is 12.4 Å². The Balaban J connectivity index is 1.67. The maximum Gasteiger partial charge on any atom is 0.286 e. The van der Waals surface area contributed by atoms with Gasteiger partial charge in [-0.1, -0.05) is 30.3 Å². The van der Waals surface area contributed by atoms with E-state index in [-0.39, 0.29) is 36.6 Å². The summed E-state index contributed by atoms with van der Waals surface area (Å²) >= 11 is 0. The van der Waals surface area contributed by atoms with E-state index in [9.17, 15) is 14.7 Å². The molecule has 3 N–H and O–H groups in total. The minimum absolute atomic E-state index is 0.165. The number of aliphatic hydroxyl groups is 1. The van der Waals surface area contributed by atoms with E-state index in [1.165, 1.54) is 6.26 Å². The molecule has 2 rings (SSSR count). The van der Waals surface area contributed by atoms with Gasteiger partial charge in [0.1, 0.15) is 0 Å². The van der Waals surface area contributed by atoms with Crippen LogP contribution in [0, 0.1) is 0 Å². The van der Waals surface area contributed by atoms with E-state index >= 15 is 0 Å². The van der Waals surface area contributed by atoms with Crippen molar-refractivity contribution in [2.45, 2.75) is 31.9 Å². The largest absolute Gasteiger partial charge is 0.459 e. The van der Waals surface area contributed by atoms with Gasteiger partial charge in [-0.15, -0.1) is 0 Å². The van der Waals surface area contributed by atoms with Crippen molar-refractivity contribution in [1.82, 2.24) is 10.6 Å². The SMILES string of the molecule is CC(CC(O)c1ccccc1)NC(=O)CCNC(=O)c1ccco1. The minimum Gasteiger partial charge on any atom is -0.459 e. The number of nitrogens with one attached hydrogen (secondary N) is 2. The molecule has 0 radical (unpaired) electrons. The third kappa shape index (κ3) is 5.55. The summed E-state index contributed by atoms with van der Waals surface area (Å²) in [6, 6.07) is 12.3. The molecule has 1 aromatic carbocycles. The number of benzene rings is 1. The number of amides is 2. The molecule has 1 heterocycles. The van der Waals surface area contributed by atoms with Gasteiger partial charge in [0.2, 0.25) is 5.91 Å². The Labute approximate surface area is 140 Å². The Bertz CT molecular complexity index is 640. The standard InChI is InChI=1S/C18H22N2O4/c1-13(12-15(21)14-6-3-2-4-7-14)20-17(22)9-10-19-18(23)16-8-5-11-24-16/h2-8,11,13,15,21H,9-10,12H2,1H3,(H,19,23)(H,20,22). The second-order valence-corrected chi connectivity index (χ2v) is 5.61. The molecule has 2 amide bonds. The van der Waals surface area contributed by atoms with Crippen LogP contribution in [-0.4, -0.2) is 29.5 Å². The van der Waals surface area contributed by atoms with E-state index in [0.717, 1.165) is 5.56 Å². The first kappa shape index (κ1) is 17.7. The molecular weight excluding hydrogens is 308 g/mol. The van der Waals surface area contributed by atoms with Crippen molar-refractivity contribution < 1.29 is 19.1 Å². The van der Waals surface area contributed by atoms with Crippen LogP contribution in [0.25, 0.3) is 0 Å². The Kier molecular flexibility index (Phi) is 6.57. The fraction of sp³-hybridized carbons (Fsp3) is 0.333. The van der Waals surface area contributed by atoms with Gasteiger partial charge in [0.15, 0.2) is 5.76 Å². The quantitative estimate of drug-likeness (QED) is 0.690. The third-order valence-electron chi connectivity index (χ3n) is 3.55. The summed E-state index contributed by atoms with van der Waals surface area (Å²) in [7, 11) is 0. The normalized spacial score (nSPS) is 13.1. The second kappa shape index (κ2) is 8.88. The molecule has 2 atom stereocenters. The average molecular weight is 330 g/mol. The van der Waals surface area contributed by atoms with Crippen molar-refractivity contribution in [3.05, 3.63) is 60.1 Å². The summed E-state index contributed by atoms with van der Waals surface area (Å²) in [5.74, 6) is -0.308. The zero-order valence-electron chi connectivity index (χ0n) is 13.6. The van der Waals surface area contributed by atoms with Gasteiger partial charge in [0, 0.05) is 19.0 Å². The number of rotatable bonds is 8. The van der Waals surface area contributed by atoms with Crippen LogP contribution in [0.4, 0.5) is 0 Å². The van der Waals surface area contributed by atoms with Gasteiger partial charge in [0.25, 0.3) is 5.91 Å². The molecule has 6 nitrogen and oxygen atoms in total. The van der Waals surface area contributed by atoms with Gasteiger partial charge in [-0.25, -0.2) is 0 Å². The molecule has 2 aromatic rings. The van der Waals surface area contributed by atoms with Gasteiger partial charge < -0.3 is 20.2 Å². The van der Waals surface area contributed by atoms with Crippen LogP contribution in [0.2, 0.25) is 0 Å². The summed E-state index contributed by atoms with van der Waals surface area (Å²) in [6.45, 7) is 2.06. The van der Waals surface area contributed by atoms with Crippen LogP contribution in [0.15, 0.2) is 53.1 Å². The van der Waals surface area contributed by atoms with Crippen molar-refractivity contribution in [3.63, 3.8) is 0 Å². The summed E-state index contributed by atoms with van der Waals surface area (Å²) in [4.78, 5) is 23.5. The summed E-state index contributed by atoms with van der Waals surface area (Å²) < 4.78 is 4.96. The number of carbonyl (C=O) groups is 2. The third-order valence-corrected chi connectivity index (χ3v) is 3.55. The van der Waals surface area contributed by atoms with E-state index in [1.807, 2.05) is 37.3 Å². The highest BCUT2D eigenvalue weighted by Gasteiger charge is 2.14. The zero-order valence-corrected chi connectivity index (χ0v) is 13.6. The van der Waals surface area contributed by atoms with Gasteiger partial charge >= 0.3 is 0 Å². The maximum atomic E-state index is 11.9. The number of aliphatic hydroxyl groups excluding tert-OH is 1. The topological polar surface area (TPSA) is 91.6 Å². The highest BCUT2D eigenvalue weighted by atomic mass is 16.3. The Morgan fingerprint density at radius 3 is 2.58 bits per heavy atom. The highest BCUT2D eigenvalue weighted by Crippen LogP contribution is 2.17. The van der Waals surface area contributed by atoms with E-state index in [0.29, 0.717) is 6.42 Å². The summed E-state index contributed by atoms with van der Waals surface area (Å²) in [6.07, 6.45) is 1.38. The van der Waals surface area contributed by atoms with Crippen molar-refractivity contribution in [2.24, 2.45) is 0 Å². The minimum atomic E-state index is -0.625.